The highest BCUT2D eigenvalue weighted by atomic mass is 16.4. The van der Waals surface area contributed by atoms with Gasteiger partial charge in [-0.15, -0.1) is 0 Å². The lowest BCUT2D eigenvalue weighted by Crippen LogP contribution is -2.57. The van der Waals surface area contributed by atoms with Gasteiger partial charge in [-0.05, 0) is 26.2 Å². The molecule has 1 saturated heterocycles. The number of aliphatic carboxylic acids is 1. The molecule has 3 unspecified atom stereocenters. The van der Waals surface area contributed by atoms with Gasteiger partial charge < -0.3 is 15.3 Å². The highest BCUT2D eigenvalue weighted by Gasteiger charge is 2.43. The first-order chi connectivity index (χ1) is 9.83. The number of nitrogens with zero attached hydrogens (tertiary/aromatic N) is 1. The molecular weight excluding hydrogens is 272 g/mol. The van der Waals surface area contributed by atoms with E-state index >= 15 is 0 Å². The number of hydrogen-bond donors (Lipinski definition) is 2. The third-order valence-corrected chi connectivity index (χ3v) is 4.95. The van der Waals surface area contributed by atoms with E-state index in [9.17, 15) is 19.5 Å². The Morgan fingerprint density at radius 1 is 1.33 bits per heavy atom. The van der Waals surface area contributed by atoms with Gasteiger partial charge in [0.1, 0.15) is 0 Å². The maximum absolute atomic E-state index is 12.4. The minimum Gasteiger partial charge on any atom is -0.481 e. The molecule has 6 nitrogen and oxygen atoms in total. The lowest BCUT2D eigenvalue weighted by molar-refractivity contribution is -0.148. The largest absolute Gasteiger partial charge is 0.481 e. The Bertz CT molecular complexity index is 451. The van der Waals surface area contributed by atoms with Gasteiger partial charge in [-0.3, -0.25) is 14.4 Å². The van der Waals surface area contributed by atoms with E-state index in [-0.39, 0.29) is 24.2 Å². The Hall–Kier alpha value is -1.59. The molecule has 1 aliphatic carbocycles. The van der Waals surface area contributed by atoms with Crippen LogP contribution in [0.5, 0.6) is 0 Å². The summed E-state index contributed by atoms with van der Waals surface area (Å²) in [4.78, 5) is 37.2. The predicted octanol–water partition coefficient (Wildman–Crippen LogP) is 1.00. The molecule has 2 rings (SSSR count). The number of carbonyl (C=O) groups is 3. The third kappa shape index (κ3) is 3.36. The Morgan fingerprint density at radius 3 is 2.67 bits per heavy atom. The Balaban J connectivity index is 2.03. The van der Waals surface area contributed by atoms with Crippen molar-refractivity contribution >= 4 is 17.8 Å². The molecule has 0 aromatic carbocycles. The summed E-state index contributed by atoms with van der Waals surface area (Å²) < 4.78 is 0. The zero-order valence-corrected chi connectivity index (χ0v) is 12.7. The zero-order valence-electron chi connectivity index (χ0n) is 12.7. The van der Waals surface area contributed by atoms with E-state index in [0.29, 0.717) is 25.8 Å². The molecule has 0 bridgehead atoms. The number of rotatable bonds is 3. The van der Waals surface area contributed by atoms with Crippen molar-refractivity contribution in [3.63, 3.8) is 0 Å². The zero-order chi connectivity index (χ0) is 15.6. The van der Waals surface area contributed by atoms with Gasteiger partial charge in [0.15, 0.2) is 0 Å². The summed E-state index contributed by atoms with van der Waals surface area (Å²) in [6, 6.07) is 0. The normalized spacial score (nSPS) is 33.6. The van der Waals surface area contributed by atoms with Crippen molar-refractivity contribution in [3.8, 4) is 0 Å². The van der Waals surface area contributed by atoms with E-state index in [1.165, 1.54) is 0 Å². The van der Waals surface area contributed by atoms with Gasteiger partial charge in [-0.1, -0.05) is 12.8 Å². The van der Waals surface area contributed by atoms with Crippen LogP contribution < -0.4 is 5.32 Å². The van der Waals surface area contributed by atoms with Crippen LogP contribution in [0.3, 0.4) is 0 Å². The van der Waals surface area contributed by atoms with Gasteiger partial charge in [0.2, 0.25) is 11.8 Å². The number of carboxylic acids is 1. The molecule has 2 aliphatic rings. The summed E-state index contributed by atoms with van der Waals surface area (Å²) in [6.07, 6.45) is 3.94. The van der Waals surface area contributed by atoms with Crippen molar-refractivity contribution in [1.82, 2.24) is 10.2 Å². The molecule has 2 N–H and O–H groups in total. The van der Waals surface area contributed by atoms with Crippen LogP contribution in [0.4, 0.5) is 0 Å². The van der Waals surface area contributed by atoms with Crippen molar-refractivity contribution in [2.75, 3.05) is 13.6 Å². The van der Waals surface area contributed by atoms with Crippen LogP contribution in [-0.2, 0) is 14.4 Å². The van der Waals surface area contributed by atoms with E-state index < -0.39 is 17.4 Å². The number of amides is 2. The van der Waals surface area contributed by atoms with Gasteiger partial charge in [0.25, 0.3) is 0 Å². The highest BCUT2D eigenvalue weighted by molar-refractivity contribution is 5.87. The van der Waals surface area contributed by atoms with Crippen molar-refractivity contribution in [2.45, 2.75) is 51.0 Å². The van der Waals surface area contributed by atoms with Gasteiger partial charge in [-0.25, -0.2) is 0 Å². The first-order valence-electron chi connectivity index (χ1n) is 7.62. The summed E-state index contributed by atoms with van der Waals surface area (Å²) in [5, 5.41) is 12.3. The van der Waals surface area contributed by atoms with E-state index in [1.54, 1.807) is 11.9 Å². The molecule has 2 amide bonds. The second kappa shape index (κ2) is 6.03. The van der Waals surface area contributed by atoms with E-state index in [1.807, 2.05) is 6.92 Å². The fraction of sp³-hybridized carbons (Fsp3) is 0.800. The van der Waals surface area contributed by atoms with Gasteiger partial charge in [0.05, 0.1) is 11.5 Å². The quantitative estimate of drug-likeness (QED) is 0.813. The molecule has 21 heavy (non-hydrogen) atoms. The molecule has 3 atom stereocenters. The van der Waals surface area contributed by atoms with E-state index in [2.05, 4.69) is 5.32 Å². The van der Waals surface area contributed by atoms with Crippen LogP contribution in [0.2, 0.25) is 0 Å². The van der Waals surface area contributed by atoms with Crippen molar-refractivity contribution in [2.24, 2.45) is 11.8 Å². The summed E-state index contributed by atoms with van der Waals surface area (Å²) in [6.45, 7) is 2.40. The number of carboxylic acid groups (broad SMARTS) is 1. The third-order valence-electron chi connectivity index (χ3n) is 4.95. The van der Waals surface area contributed by atoms with Crippen LogP contribution in [0, 0.1) is 11.8 Å². The maximum Gasteiger partial charge on any atom is 0.308 e. The Morgan fingerprint density at radius 2 is 2.05 bits per heavy atom. The maximum atomic E-state index is 12.4. The summed E-state index contributed by atoms with van der Waals surface area (Å²) in [5.41, 5.74) is -0.701. The number of nitrogens with one attached hydrogen (secondary N) is 1. The molecule has 0 aromatic heterocycles. The highest BCUT2D eigenvalue weighted by Crippen LogP contribution is 2.34. The molecule has 1 heterocycles. The first-order valence-corrected chi connectivity index (χ1v) is 7.62. The summed E-state index contributed by atoms with van der Waals surface area (Å²) in [5.74, 6) is -1.92. The van der Waals surface area contributed by atoms with Crippen molar-refractivity contribution in [1.29, 1.82) is 0 Å². The topological polar surface area (TPSA) is 86.7 Å². The van der Waals surface area contributed by atoms with Gasteiger partial charge in [-0.2, -0.15) is 0 Å². The molecule has 118 valence electrons. The summed E-state index contributed by atoms with van der Waals surface area (Å²) >= 11 is 0. The van der Waals surface area contributed by atoms with Crippen LogP contribution in [0.1, 0.15) is 45.4 Å². The lowest BCUT2D eigenvalue weighted by atomic mass is 9.73. The fourth-order valence-corrected chi connectivity index (χ4v) is 3.43. The Kier molecular flexibility index (Phi) is 4.54. The number of piperidine rings is 1. The number of carbonyl (C=O) groups excluding carboxylic acids is 2. The smallest absolute Gasteiger partial charge is 0.308 e. The molecule has 0 aromatic rings. The molecule has 6 heteroatoms. The average molecular weight is 296 g/mol. The second-order valence-corrected chi connectivity index (χ2v) is 6.55. The van der Waals surface area contributed by atoms with Crippen molar-refractivity contribution < 1.29 is 19.5 Å². The lowest BCUT2D eigenvalue weighted by Gasteiger charge is -2.41. The average Bonchev–Trinajstić information content (AvgIpc) is 2.41. The second-order valence-electron chi connectivity index (χ2n) is 6.55. The molecule has 1 saturated carbocycles. The number of likely N-dealkylation sites (tertiary alicyclic amines) is 1. The van der Waals surface area contributed by atoms with Gasteiger partial charge >= 0.3 is 5.97 Å². The fourth-order valence-electron chi connectivity index (χ4n) is 3.43. The molecular formula is C15H24N2O4. The minimum atomic E-state index is -0.850. The van der Waals surface area contributed by atoms with Crippen molar-refractivity contribution in [3.05, 3.63) is 0 Å². The molecule has 0 spiro atoms. The molecule has 1 aliphatic heterocycles. The standard InChI is InChI=1S/C15H24N2O4/c1-15(7-4-3-5-11(15)14(20)21)16-13(19)10-6-8-17(2)12(18)9-10/h10-11H,3-9H2,1-2H3,(H,16,19)(H,20,21). The van der Waals surface area contributed by atoms with Crippen LogP contribution in [0.15, 0.2) is 0 Å². The molecule has 2 fully saturated rings. The monoisotopic (exact) mass is 296 g/mol. The van der Waals surface area contributed by atoms with Crippen LogP contribution in [0.25, 0.3) is 0 Å². The van der Waals surface area contributed by atoms with E-state index in [0.717, 1.165) is 12.8 Å². The minimum absolute atomic E-state index is 0.0232. The van der Waals surface area contributed by atoms with E-state index in [4.69, 9.17) is 0 Å². The molecule has 0 radical (unpaired) electrons. The Labute approximate surface area is 124 Å². The SMILES string of the molecule is CN1CCC(C(=O)NC2(C)CCCCC2C(=O)O)CC1=O. The van der Waals surface area contributed by atoms with Crippen LogP contribution in [-0.4, -0.2) is 46.9 Å². The van der Waals surface area contributed by atoms with Crippen LogP contribution >= 0.6 is 0 Å². The number of hydrogen-bond acceptors (Lipinski definition) is 3. The van der Waals surface area contributed by atoms with Gasteiger partial charge in [0, 0.05) is 25.9 Å². The predicted molar refractivity (Wildman–Crippen MR) is 76.5 cm³/mol. The summed E-state index contributed by atoms with van der Waals surface area (Å²) in [7, 11) is 1.74. The first kappa shape index (κ1) is 15.8.